The second kappa shape index (κ2) is 10.2. The van der Waals surface area contributed by atoms with E-state index in [1.807, 2.05) is 43.5 Å². The standard InChI is InChI=1S/C25H33N3O2Si/c1-20(30-2)25-22(11-16-31(3,4)5)17-23(18-26-25)28-14-12-27(13-15-28)19-24(29)21-9-7-6-8-10-21/h6-10,17-18,20H,12-15,19H2,1-5H3/t20-/m0/s1. The van der Waals surface area contributed by atoms with Crippen LogP contribution in [-0.4, -0.2) is 63.6 Å². The number of hydrogen-bond donors (Lipinski definition) is 0. The lowest BCUT2D eigenvalue weighted by molar-refractivity contribution is 0.0926. The number of Topliss-reactive ketones (excluding diaryl/α,β-unsaturated/α-hetero) is 1. The van der Waals surface area contributed by atoms with Gasteiger partial charge in [0.2, 0.25) is 0 Å². The van der Waals surface area contributed by atoms with Crippen molar-refractivity contribution in [3.63, 3.8) is 0 Å². The van der Waals surface area contributed by atoms with Crippen LogP contribution in [0.4, 0.5) is 5.69 Å². The number of nitrogens with zero attached hydrogens (tertiary/aromatic N) is 3. The molecule has 1 saturated heterocycles. The Kier molecular flexibility index (Phi) is 7.66. The lowest BCUT2D eigenvalue weighted by Crippen LogP contribution is -2.48. The van der Waals surface area contributed by atoms with Gasteiger partial charge in [-0.2, -0.15) is 0 Å². The van der Waals surface area contributed by atoms with E-state index < -0.39 is 8.07 Å². The van der Waals surface area contributed by atoms with E-state index in [0.717, 1.165) is 48.7 Å². The molecular formula is C25H33N3O2Si. The Labute approximate surface area is 187 Å². The predicted molar refractivity (Wildman–Crippen MR) is 129 cm³/mol. The highest BCUT2D eigenvalue weighted by Crippen LogP contribution is 2.24. The first-order chi connectivity index (χ1) is 14.8. The highest BCUT2D eigenvalue weighted by molar-refractivity contribution is 6.83. The first kappa shape index (κ1) is 23.2. The van der Waals surface area contributed by atoms with Gasteiger partial charge >= 0.3 is 0 Å². The van der Waals surface area contributed by atoms with Crippen LogP contribution in [-0.2, 0) is 4.74 Å². The molecule has 164 valence electrons. The number of methoxy groups -OCH3 is 1. The van der Waals surface area contributed by atoms with Crippen LogP contribution in [0.5, 0.6) is 0 Å². The molecule has 0 amide bonds. The van der Waals surface area contributed by atoms with Crippen molar-refractivity contribution >= 4 is 19.5 Å². The van der Waals surface area contributed by atoms with Gasteiger partial charge in [0.25, 0.3) is 0 Å². The van der Waals surface area contributed by atoms with E-state index in [1.165, 1.54) is 0 Å². The van der Waals surface area contributed by atoms with Gasteiger partial charge in [0.05, 0.1) is 35.8 Å². The molecule has 0 aliphatic carbocycles. The van der Waals surface area contributed by atoms with Crippen LogP contribution in [0.15, 0.2) is 42.6 Å². The lowest BCUT2D eigenvalue weighted by atomic mass is 10.1. The van der Waals surface area contributed by atoms with Crippen molar-refractivity contribution in [3.05, 3.63) is 59.4 Å². The van der Waals surface area contributed by atoms with Crippen LogP contribution in [0.1, 0.15) is 34.6 Å². The smallest absolute Gasteiger partial charge is 0.176 e. The Morgan fingerprint density at radius 1 is 1.16 bits per heavy atom. The minimum absolute atomic E-state index is 0.0965. The number of rotatable bonds is 6. The van der Waals surface area contributed by atoms with Gasteiger partial charge in [-0.15, -0.1) is 5.54 Å². The molecular weight excluding hydrogens is 402 g/mol. The quantitative estimate of drug-likeness (QED) is 0.390. The molecule has 31 heavy (non-hydrogen) atoms. The van der Waals surface area contributed by atoms with E-state index in [0.29, 0.717) is 6.54 Å². The van der Waals surface area contributed by atoms with E-state index in [1.54, 1.807) is 7.11 Å². The van der Waals surface area contributed by atoms with Gasteiger partial charge in [-0.3, -0.25) is 14.7 Å². The Hall–Kier alpha value is -2.46. The fraction of sp³-hybridized carbons (Fsp3) is 0.440. The minimum Gasteiger partial charge on any atom is -0.375 e. The number of pyridine rings is 1. The zero-order valence-electron chi connectivity index (χ0n) is 19.3. The van der Waals surface area contributed by atoms with Crippen molar-refractivity contribution in [1.29, 1.82) is 0 Å². The van der Waals surface area contributed by atoms with Gasteiger partial charge in [-0.05, 0) is 13.0 Å². The van der Waals surface area contributed by atoms with Gasteiger partial charge in [0, 0.05) is 38.9 Å². The molecule has 1 aliphatic rings. The molecule has 2 aromatic rings. The third-order valence-electron chi connectivity index (χ3n) is 5.42. The number of anilines is 1. The molecule has 6 heteroatoms. The first-order valence-electron chi connectivity index (χ1n) is 10.9. The number of benzene rings is 1. The lowest BCUT2D eigenvalue weighted by Gasteiger charge is -2.35. The second-order valence-electron chi connectivity index (χ2n) is 9.06. The van der Waals surface area contributed by atoms with Gasteiger partial charge < -0.3 is 9.64 Å². The van der Waals surface area contributed by atoms with E-state index in [4.69, 9.17) is 9.72 Å². The molecule has 1 atom stereocenters. The van der Waals surface area contributed by atoms with Crippen molar-refractivity contribution in [2.45, 2.75) is 32.7 Å². The summed E-state index contributed by atoms with van der Waals surface area (Å²) in [5.74, 6) is 3.57. The summed E-state index contributed by atoms with van der Waals surface area (Å²) in [6.45, 7) is 12.6. The average molecular weight is 436 g/mol. The highest BCUT2D eigenvalue weighted by Gasteiger charge is 2.21. The van der Waals surface area contributed by atoms with E-state index in [9.17, 15) is 4.79 Å². The molecule has 0 unspecified atom stereocenters. The number of carbonyl (C=O) groups is 1. The molecule has 0 radical (unpaired) electrons. The molecule has 3 rings (SSSR count). The van der Waals surface area contributed by atoms with Gasteiger partial charge in [0.1, 0.15) is 8.07 Å². The Morgan fingerprint density at radius 2 is 1.84 bits per heavy atom. The van der Waals surface area contributed by atoms with Crippen LogP contribution in [0.2, 0.25) is 19.6 Å². The Morgan fingerprint density at radius 3 is 2.45 bits per heavy atom. The summed E-state index contributed by atoms with van der Waals surface area (Å²) in [5, 5.41) is 0. The number of ether oxygens (including phenoxy) is 1. The normalized spacial score (nSPS) is 15.8. The first-order valence-corrected chi connectivity index (χ1v) is 14.4. The molecule has 2 heterocycles. The summed E-state index contributed by atoms with van der Waals surface area (Å²) in [6, 6.07) is 11.7. The molecule has 1 aromatic heterocycles. The van der Waals surface area contributed by atoms with Crippen LogP contribution in [0.25, 0.3) is 0 Å². The van der Waals surface area contributed by atoms with Crippen molar-refractivity contribution in [2.75, 3.05) is 44.7 Å². The summed E-state index contributed by atoms with van der Waals surface area (Å²) in [5.41, 5.74) is 7.17. The largest absolute Gasteiger partial charge is 0.375 e. The van der Waals surface area contributed by atoms with E-state index in [-0.39, 0.29) is 11.9 Å². The summed E-state index contributed by atoms with van der Waals surface area (Å²) >= 11 is 0. The topological polar surface area (TPSA) is 45.7 Å². The summed E-state index contributed by atoms with van der Waals surface area (Å²) in [4.78, 5) is 21.8. The average Bonchev–Trinajstić information content (AvgIpc) is 2.77. The third-order valence-corrected chi connectivity index (χ3v) is 6.29. The van der Waals surface area contributed by atoms with Crippen molar-refractivity contribution in [3.8, 4) is 11.5 Å². The maximum atomic E-state index is 12.5. The molecule has 0 bridgehead atoms. The number of ketones is 1. The van der Waals surface area contributed by atoms with Crippen LogP contribution >= 0.6 is 0 Å². The van der Waals surface area contributed by atoms with Crippen molar-refractivity contribution in [2.24, 2.45) is 0 Å². The third kappa shape index (κ3) is 6.51. The number of aromatic nitrogens is 1. The fourth-order valence-corrected chi connectivity index (χ4v) is 4.02. The molecule has 1 fully saturated rings. The molecule has 5 nitrogen and oxygen atoms in total. The Bertz CT molecular complexity index is 952. The summed E-state index contributed by atoms with van der Waals surface area (Å²) in [7, 11) is 0.201. The molecule has 0 spiro atoms. The highest BCUT2D eigenvalue weighted by atomic mass is 28.3. The number of hydrogen-bond acceptors (Lipinski definition) is 5. The van der Waals surface area contributed by atoms with Crippen molar-refractivity contribution < 1.29 is 9.53 Å². The molecule has 0 N–H and O–H groups in total. The maximum Gasteiger partial charge on any atom is 0.176 e. The molecule has 1 aliphatic heterocycles. The Balaban J connectivity index is 1.69. The predicted octanol–water partition coefficient (Wildman–Crippen LogP) is 4.02. The zero-order chi connectivity index (χ0) is 22.4. The van der Waals surface area contributed by atoms with Gasteiger partial charge in [-0.1, -0.05) is 55.9 Å². The van der Waals surface area contributed by atoms with Crippen LogP contribution in [0.3, 0.4) is 0 Å². The maximum absolute atomic E-state index is 12.5. The number of carbonyl (C=O) groups excluding carboxylic acids is 1. The summed E-state index contributed by atoms with van der Waals surface area (Å²) < 4.78 is 5.51. The molecule has 0 saturated carbocycles. The minimum atomic E-state index is -1.50. The van der Waals surface area contributed by atoms with E-state index in [2.05, 4.69) is 47.0 Å². The van der Waals surface area contributed by atoms with Crippen LogP contribution < -0.4 is 4.90 Å². The summed E-state index contributed by atoms with van der Waals surface area (Å²) in [6.07, 6.45) is 1.83. The van der Waals surface area contributed by atoms with Gasteiger partial charge in [0.15, 0.2) is 5.78 Å². The molecule has 1 aromatic carbocycles. The number of piperazine rings is 1. The van der Waals surface area contributed by atoms with Crippen molar-refractivity contribution in [1.82, 2.24) is 9.88 Å². The zero-order valence-corrected chi connectivity index (χ0v) is 20.3. The monoisotopic (exact) mass is 435 g/mol. The van der Waals surface area contributed by atoms with Crippen LogP contribution in [0, 0.1) is 11.5 Å². The van der Waals surface area contributed by atoms with Gasteiger partial charge in [-0.25, -0.2) is 0 Å². The fourth-order valence-electron chi connectivity index (χ4n) is 3.51. The van der Waals surface area contributed by atoms with E-state index >= 15 is 0 Å². The SMILES string of the molecule is CO[C@@H](C)c1ncc(N2CCN(CC(=O)c3ccccc3)CC2)cc1C#C[Si](C)(C)C. The second-order valence-corrected chi connectivity index (χ2v) is 13.8.